The zero-order valence-corrected chi connectivity index (χ0v) is 31.8. The van der Waals surface area contributed by atoms with Gasteiger partial charge in [0.25, 0.3) is 0 Å². The Labute approximate surface area is 282 Å². The van der Waals surface area contributed by atoms with E-state index in [9.17, 15) is 0 Å². The van der Waals surface area contributed by atoms with Crippen LogP contribution in [0.25, 0.3) is 0 Å². The maximum Gasteiger partial charge on any atom is 0.0594 e. The van der Waals surface area contributed by atoms with Gasteiger partial charge in [-0.1, -0.05) is 19.3 Å². The molecule has 6 heterocycles. The summed E-state index contributed by atoms with van der Waals surface area (Å²) in [6.07, 6.45) is 14.2. The first-order chi connectivity index (χ1) is 21.7. The molecule has 270 valence electrons. The Hall–Kier alpha value is -0.360. The van der Waals surface area contributed by atoms with Crippen molar-refractivity contribution < 1.29 is 4.74 Å². The molecule has 0 aromatic carbocycles. The Kier molecular flexibility index (Phi) is 27.1. The number of ether oxygens (including phenoxy) is 1. The third-order valence-electron chi connectivity index (χ3n) is 9.64. The molecule has 0 saturated carbocycles. The first kappa shape index (κ1) is 42.7. The lowest BCUT2D eigenvalue weighted by molar-refractivity contribution is 0.0503. The number of morpholine rings is 1. The molecule has 0 unspecified atom stereocenters. The summed E-state index contributed by atoms with van der Waals surface area (Å²) in [5.41, 5.74) is 0. The summed E-state index contributed by atoms with van der Waals surface area (Å²) in [5, 5.41) is 0. The lowest BCUT2D eigenvalue weighted by atomic mass is 10.1. The smallest absolute Gasteiger partial charge is 0.0594 e. The van der Waals surface area contributed by atoms with Crippen molar-refractivity contribution in [2.24, 2.45) is 0 Å². The second-order valence-corrected chi connectivity index (χ2v) is 14.6. The molecule has 0 amide bonds. The molecule has 0 radical (unpaired) electrons. The van der Waals surface area contributed by atoms with Crippen LogP contribution in [0.4, 0.5) is 0 Å². The van der Waals surface area contributed by atoms with E-state index in [1.807, 2.05) is 0 Å². The van der Waals surface area contributed by atoms with Crippen molar-refractivity contribution in [1.29, 1.82) is 0 Å². The van der Waals surface area contributed by atoms with Crippen LogP contribution in [-0.2, 0) is 4.74 Å². The van der Waals surface area contributed by atoms with Crippen LogP contribution in [0.5, 0.6) is 0 Å². The van der Waals surface area contributed by atoms with Gasteiger partial charge in [0.15, 0.2) is 0 Å². The molecule has 9 heteroatoms. The molecule has 45 heavy (non-hydrogen) atoms. The quantitative estimate of drug-likeness (QED) is 0.396. The molecule has 0 aromatic heterocycles. The maximum atomic E-state index is 5.10. The standard InChI is InChI=1S/C7H16N2.C7H15N.C6H14N2.C6H13N.C5H11NO.C5H11N/c1-8-4-3-5-9(2)7-6-8;1-8-6-4-2-3-5-7-8;1-7-3-5-8(2)6-4-7;1-7-5-3-2-4-6-7;1-6-2-4-7-5-3-6;1-6-4-2-3-5-6/h3-7H2,1-2H3;2-7H2,1H3;3-6H2,1-2H3;2-6H2,1H3;2-5H2,1H3;2-5H2,1H3. The highest BCUT2D eigenvalue weighted by molar-refractivity contribution is 4.65. The molecule has 0 aliphatic carbocycles. The van der Waals surface area contributed by atoms with E-state index < -0.39 is 0 Å². The van der Waals surface area contributed by atoms with Gasteiger partial charge in [-0.05, 0) is 154 Å². The first-order valence-electron chi connectivity index (χ1n) is 18.7. The van der Waals surface area contributed by atoms with Gasteiger partial charge in [0.1, 0.15) is 0 Å². The summed E-state index contributed by atoms with van der Waals surface area (Å²) < 4.78 is 5.10. The van der Waals surface area contributed by atoms with Gasteiger partial charge in [0.05, 0.1) is 13.2 Å². The lowest BCUT2D eigenvalue weighted by Crippen LogP contribution is -2.42. The van der Waals surface area contributed by atoms with Crippen LogP contribution in [0, 0.1) is 0 Å². The largest absolute Gasteiger partial charge is 0.379 e. The van der Waals surface area contributed by atoms with Gasteiger partial charge < -0.3 is 43.9 Å². The normalized spacial score (nSPS) is 25.6. The first-order valence-corrected chi connectivity index (χ1v) is 18.7. The van der Waals surface area contributed by atoms with Crippen molar-refractivity contribution >= 4 is 0 Å². The van der Waals surface area contributed by atoms with Crippen LogP contribution in [0.2, 0.25) is 0 Å². The van der Waals surface area contributed by atoms with Crippen molar-refractivity contribution in [3.05, 3.63) is 0 Å². The summed E-state index contributed by atoms with van der Waals surface area (Å²) in [4.78, 5) is 19.0. The second-order valence-electron chi connectivity index (χ2n) is 14.6. The average Bonchev–Trinajstić information content (AvgIpc) is 3.27. The number of nitrogens with zero attached hydrogens (tertiary/aromatic N) is 8. The van der Waals surface area contributed by atoms with Crippen LogP contribution in [0.1, 0.15) is 64.2 Å². The third kappa shape index (κ3) is 27.3. The number of piperazine rings is 1. The van der Waals surface area contributed by atoms with Gasteiger partial charge in [0.2, 0.25) is 0 Å². The Bertz CT molecular complexity index is 574. The van der Waals surface area contributed by atoms with Crippen molar-refractivity contribution in [3.8, 4) is 0 Å². The molecule has 9 nitrogen and oxygen atoms in total. The van der Waals surface area contributed by atoms with Crippen molar-refractivity contribution in [3.63, 3.8) is 0 Å². The Morgan fingerprint density at radius 2 is 0.422 bits per heavy atom. The molecular formula is C36H80N8O. The van der Waals surface area contributed by atoms with E-state index in [0.717, 1.165) is 26.3 Å². The third-order valence-corrected chi connectivity index (χ3v) is 9.64. The summed E-state index contributed by atoms with van der Waals surface area (Å²) in [7, 11) is 17.4. The topological polar surface area (TPSA) is 35.2 Å². The molecule has 6 rings (SSSR count). The minimum Gasteiger partial charge on any atom is -0.379 e. The molecule has 6 saturated heterocycles. The number of hydrogen-bond acceptors (Lipinski definition) is 9. The number of likely N-dealkylation sites (tertiary alicyclic amines) is 3. The van der Waals surface area contributed by atoms with Crippen molar-refractivity contribution in [2.45, 2.75) is 64.2 Å². The van der Waals surface area contributed by atoms with E-state index in [-0.39, 0.29) is 0 Å². The van der Waals surface area contributed by atoms with Crippen LogP contribution in [0.3, 0.4) is 0 Å². The Morgan fingerprint density at radius 3 is 0.689 bits per heavy atom. The van der Waals surface area contributed by atoms with E-state index in [1.165, 1.54) is 156 Å². The maximum absolute atomic E-state index is 5.10. The van der Waals surface area contributed by atoms with Crippen LogP contribution >= 0.6 is 0 Å². The fourth-order valence-corrected chi connectivity index (χ4v) is 5.89. The summed E-state index contributed by atoms with van der Waals surface area (Å²) in [6, 6.07) is 0. The van der Waals surface area contributed by atoms with E-state index >= 15 is 0 Å². The highest BCUT2D eigenvalue weighted by atomic mass is 16.5. The van der Waals surface area contributed by atoms with Crippen LogP contribution < -0.4 is 0 Å². The lowest BCUT2D eigenvalue weighted by Gasteiger charge is -2.28. The van der Waals surface area contributed by atoms with E-state index in [2.05, 4.69) is 95.6 Å². The van der Waals surface area contributed by atoms with E-state index in [1.54, 1.807) is 0 Å². The monoisotopic (exact) mass is 641 g/mol. The predicted molar refractivity (Wildman–Crippen MR) is 197 cm³/mol. The zero-order valence-electron chi connectivity index (χ0n) is 31.8. The highest BCUT2D eigenvalue weighted by Crippen LogP contribution is 2.07. The van der Waals surface area contributed by atoms with Crippen molar-refractivity contribution in [1.82, 2.24) is 39.2 Å². The molecule has 6 fully saturated rings. The van der Waals surface area contributed by atoms with Gasteiger partial charge in [-0.3, -0.25) is 0 Å². The van der Waals surface area contributed by atoms with Crippen LogP contribution in [-0.4, -0.2) is 214 Å². The fraction of sp³-hybridized carbons (Fsp3) is 1.00. The van der Waals surface area contributed by atoms with E-state index in [0.29, 0.717) is 0 Å². The summed E-state index contributed by atoms with van der Waals surface area (Å²) >= 11 is 0. The molecule has 6 aliphatic rings. The molecule has 0 aromatic rings. The number of rotatable bonds is 0. The Morgan fingerprint density at radius 1 is 0.222 bits per heavy atom. The van der Waals surface area contributed by atoms with Crippen molar-refractivity contribution in [2.75, 3.05) is 174 Å². The molecule has 0 atom stereocenters. The summed E-state index contributed by atoms with van der Waals surface area (Å²) in [6.45, 7) is 21.9. The molecule has 6 aliphatic heterocycles. The van der Waals surface area contributed by atoms with Gasteiger partial charge in [-0.15, -0.1) is 0 Å². The Balaban J connectivity index is 0.000000271. The minimum absolute atomic E-state index is 0.913. The average molecular weight is 641 g/mol. The minimum atomic E-state index is 0.913. The highest BCUT2D eigenvalue weighted by Gasteiger charge is 2.08. The molecule has 0 N–H and O–H groups in total. The van der Waals surface area contributed by atoms with E-state index in [4.69, 9.17) is 4.74 Å². The van der Waals surface area contributed by atoms with Gasteiger partial charge in [-0.2, -0.15) is 0 Å². The predicted octanol–water partition coefficient (Wildman–Crippen LogP) is 3.37. The summed E-state index contributed by atoms with van der Waals surface area (Å²) in [5.74, 6) is 0. The van der Waals surface area contributed by atoms with Gasteiger partial charge in [0, 0.05) is 52.4 Å². The number of likely N-dealkylation sites (N-methyl/N-ethyl adjacent to an activating group) is 5. The van der Waals surface area contributed by atoms with Gasteiger partial charge >= 0.3 is 0 Å². The second kappa shape index (κ2) is 28.6. The van der Waals surface area contributed by atoms with Crippen LogP contribution in [0.15, 0.2) is 0 Å². The van der Waals surface area contributed by atoms with Gasteiger partial charge in [-0.25, -0.2) is 0 Å². The fourth-order valence-electron chi connectivity index (χ4n) is 5.89. The SMILES string of the molecule is CN1CCCC1.CN1CCCCC1.CN1CCCCCC1.CN1CCCN(C)CC1.CN1CCN(C)CC1.CN1CCOCC1. The number of piperidine rings is 1. The zero-order chi connectivity index (χ0) is 33.1. The molecule has 0 bridgehead atoms. The molecular weight excluding hydrogens is 560 g/mol. The number of hydrogen-bond donors (Lipinski definition) is 0. The molecule has 0 spiro atoms.